The Kier molecular flexibility index (Phi) is 3.47. The highest BCUT2D eigenvalue weighted by molar-refractivity contribution is 6.03. The van der Waals surface area contributed by atoms with Crippen LogP contribution in [0.3, 0.4) is 0 Å². The predicted molar refractivity (Wildman–Crippen MR) is 80.6 cm³/mol. The van der Waals surface area contributed by atoms with E-state index in [4.69, 9.17) is 4.74 Å². The number of pyridine rings is 1. The molecule has 0 amide bonds. The van der Waals surface area contributed by atoms with E-state index in [1.54, 1.807) is 30.3 Å². The molecule has 0 atom stereocenters. The Labute approximate surface area is 125 Å². The van der Waals surface area contributed by atoms with Crippen molar-refractivity contribution in [2.75, 3.05) is 7.11 Å². The largest absolute Gasteiger partial charge is 0.494 e. The van der Waals surface area contributed by atoms with E-state index >= 15 is 0 Å². The van der Waals surface area contributed by atoms with E-state index in [1.807, 2.05) is 0 Å². The third-order valence-corrected chi connectivity index (χ3v) is 3.39. The van der Waals surface area contributed by atoms with Crippen LogP contribution in [0.5, 0.6) is 5.75 Å². The number of fused-ring (bicyclic) bond motifs is 1. The number of para-hydroxylation sites is 1. The van der Waals surface area contributed by atoms with Crippen molar-refractivity contribution in [3.8, 4) is 17.0 Å². The molecule has 0 radical (unpaired) electrons. The maximum atomic E-state index is 13.8. The number of hydrogen-bond acceptors (Lipinski definition) is 3. The Balaban J connectivity index is 2.23. The molecule has 0 unspecified atom stereocenters. The van der Waals surface area contributed by atoms with E-state index in [9.17, 15) is 14.3 Å². The summed E-state index contributed by atoms with van der Waals surface area (Å²) < 4.78 is 18.7. The number of nitrogens with zero attached hydrogens (tertiary/aromatic N) is 1. The van der Waals surface area contributed by atoms with Crippen LogP contribution in [0.4, 0.5) is 4.39 Å². The number of hydrogen-bond donors (Lipinski definition) is 1. The molecule has 0 aliphatic carbocycles. The van der Waals surface area contributed by atoms with E-state index in [0.717, 1.165) is 0 Å². The highest BCUT2D eigenvalue weighted by Crippen LogP contribution is 2.28. The summed E-state index contributed by atoms with van der Waals surface area (Å²) in [5.74, 6) is -1.44. The Bertz CT molecular complexity index is 877. The van der Waals surface area contributed by atoms with Crippen molar-refractivity contribution < 1.29 is 19.0 Å². The average molecular weight is 297 g/mol. The minimum Gasteiger partial charge on any atom is -0.494 e. The number of carboxylic acid groups (broad SMARTS) is 1. The molecule has 110 valence electrons. The minimum atomic E-state index is -1.05. The molecule has 0 bridgehead atoms. The lowest BCUT2D eigenvalue weighted by atomic mass is 10.0. The first kappa shape index (κ1) is 14.0. The smallest absolute Gasteiger partial charge is 0.336 e. The normalized spacial score (nSPS) is 10.6. The molecule has 2 aromatic carbocycles. The molecule has 0 saturated heterocycles. The summed E-state index contributed by atoms with van der Waals surface area (Å²) in [6.07, 6.45) is 0. The predicted octanol–water partition coefficient (Wildman–Crippen LogP) is 3.75. The first-order chi connectivity index (χ1) is 10.6. The van der Waals surface area contributed by atoms with Gasteiger partial charge in [-0.1, -0.05) is 18.2 Å². The average Bonchev–Trinajstić information content (AvgIpc) is 2.53. The molecule has 5 heteroatoms. The van der Waals surface area contributed by atoms with Crippen LogP contribution in [0.2, 0.25) is 0 Å². The molecule has 1 N–H and O–H groups in total. The topological polar surface area (TPSA) is 59.4 Å². The Hall–Kier alpha value is -2.95. The van der Waals surface area contributed by atoms with Gasteiger partial charge in [0.2, 0.25) is 0 Å². The van der Waals surface area contributed by atoms with Crippen molar-refractivity contribution in [3.63, 3.8) is 0 Å². The first-order valence-corrected chi connectivity index (χ1v) is 6.57. The molecule has 3 rings (SSSR count). The first-order valence-electron chi connectivity index (χ1n) is 6.57. The number of rotatable bonds is 3. The van der Waals surface area contributed by atoms with Crippen molar-refractivity contribution >= 4 is 16.9 Å². The minimum absolute atomic E-state index is 0.128. The van der Waals surface area contributed by atoms with Gasteiger partial charge in [0.1, 0.15) is 0 Å². The van der Waals surface area contributed by atoms with E-state index in [-0.39, 0.29) is 11.3 Å². The van der Waals surface area contributed by atoms with Gasteiger partial charge in [0.15, 0.2) is 11.6 Å². The van der Waals surface area contributed by atoms with Crippen LogP contribution >= 0.6 is 0 Å². The van der Waals surface area contributed by atoms with Crippen molar-refractivity contribution in [2.24, 2.45) is 0 Å². The SMILES string of the molecule is COc1ccc(-c2cc(C(=O)O)c3ccccc3n2)cc1F. The van der Waals surface area contributed by atoms with Gasteiger partial charge in [-0.3, -0.25) is 0 Å². The van der Waals surface area contributed by atoms with Crippen LogP contribution < -0.4 is 4.74 Å². The summed E-state index contributed by atoms with van der Waals surface area (Å²) in [6.45, 7) is 0. The number of ether oxygens (including phenoxy) is 1. The number of carboxylic acids is 1. The van der Waals surface area contributed by atoms with Crippen LogP contribution in [0, 0.1) is 5.82 Å². The summed E-state index contributed by atoms with van der Waals surface area (Å²) in [4.78, 5) is 15.9. The molecule has 0 saturated carbocycles. The summed E-state index contributed by atoms with van der Waals surface area (Å²) in [7, 11) is 1.38. The van der Waals surface area contributed by atoms with E-state index in [2.05, 4.69) is 4.98 Å². The second-order valence-corrected chi connectivity index (χ2v) is 4.73. The third kappa shape index (κ3) is 2.37. The zero-order chi connectivity index (χ0) is 15.7. The molecular formula is C17H12FNO3. The fourth-order valence-electron chi connectivity index (χ4n) is 2.33. The summed E-state index contributed by atoms with van der Waals surface area (Å²) in [5, 5.41) is 9.92. The number of carbonyl (C=O) groups is 1. The van der Waals surface area contributed by atoms with E-state index < -0.39 is 11.8 Å². The van der Waals surface area contributed by atoms with Gasteiger partial charge >= 0.3 is 5.97 Å². The zero-order valence-electron chi connectivity index (χ0n) is 11.7. The lowest BCUT2D eigenvalue weighted by Gasteiger charge is -2.08. The number of benzene rings is 2. The molecule has 0 spiro atoms. The van der Waals surface area contributed by atoms with Crippen molar-refractivity contribution in [2.45, 2.75) is 0 Å². The standard InChI is InChI=1S/C17H12FNO3/c1-22-16-7-6-10(8-13(16)18)15-9-12(17(20)21)11-4-2-3-5-14(11)19-15/h2-9H,1H3,(H,20,21). The Morgan fingerprint density at radius 3 is 2.64 bits per heavy atom. The highest BCUT2D eigenvalue weighted by atomic mass is 19.1. The van der Waals surface area contributed by atoms with E-state index in [1.165, 1.54) is 25.3 Å². The van der Waals surface area contributed by atoms with Crippen LogP contribution in [0.1, 0.15) is 10.4 Å². The molecular weight excluding hydrogens is 285 g/mol. The van der Waals surface area contributed by atoms with E-state index in [0.29, 0.717) is 22.2 Å². The van der Waals surface area contributed by atoms with Crippen LogP contribution in [-0.2, 0) is 0 Å². The second kappa shape index (κ2) is 5.44. The number of halogens is 1. The second-order valence-electron chi connectivity index (χ2n) is 4.73. The Morgan fingerprint density at radius 2 is 1.95 bits per heavy atom. The lowest BCUT2D eigenvalue weighted by molar-refractivity contribution is 0.0699. The summed E-state index contributed by atoms with van der Waals surface area (Å²) in [5.41, 5.74) is 1.58. The highest BCUT2D eigenvalue weighted by Gasteiger charge is 2.13. The van der Waals surface area contributed by atoms with Gasteiger partial charge in [0, 0.05) is 10.9 Å². The van der Waals surface area contributed by atoms with Gasteiger partial charge in [-0.2, -0.15) is 0 Å². The molecule has 0 fully saturated rings. The Morgan fingerprint density at radius 1 is 1.18 bits per heavy atom. The quantitative estimate of drug-likeness (QED) is 0.800. The van der Waals surface area contributed by atoms with Gasteiger partial charge in [0.25, 0.3) is 0 Å². The van der Waals surface area contributed by atoms with Crippen molar-refractivity contribution in [1.82, 2.24) is 4.98 Å². The molecule has 3 aromatic rings. The van der Waals surface area contributed by atoms with Gasteiger partial charge < -0.3 is 9.84 Å². The molecule has 22 heavy (non-hydrogen) atoms. The monoisotopic (exact) mass is 297 g/mol. The van der Waals surface area contributed by atoms with Crippen molar-refractivity contribution in [3.05, 3.63) is 59.9 Å². The maximum Gasteiger partial charge on any atom is 0.336 e. The fraction of sp³-hybridized carbons (Fsp3) is 0.0588. The number of aromatic carboxylic acids is 1. The maximum absolute atomic E-state index is 13.8. The zero-order valence-corrected chi connectivity index (χ0v) is 11.7. The van der Waals surface area contributed by atoms with Gasteiger partial charge in [-0.05, 0) is 30.3 Å². The van der Waals surface area contributed by atoms with Crippen LogP contribution in [0.25, 0.3) is 22.2 Å². The molecule has 1 aromatic heterocycles. The summed E-state index contributed by atoms with van der Waals surface area (Å²) in [6, 6.07) is 12.8. The molecule has 0 aliphatic heterocycles. The number of methoxy groups -OCH3 is 1. The van der Waals surface area contributed by atoms with Gasteiger partial charge in [-0.15, -0.1) is 0 Å². The fourth-order valence-corrected chi connectivity index (χ4v) is 2.33. The number of aromatic nitrogens is 1. The van der Waals surface area contributed by atoms with Crippen LogP contribution in [-0.4, -0.2) is 23.2 Å². The molecule has 4 nitrogen and oxygen atoms in total. The molecule has 1 heterocycles. The third-order valence-electron chi connectivity index (χ3n) is 3.39. The van der Waals surface area contributed by atoms with Gasteiger partial charge in [0.05, 0.1) is 23.9 Å². The lowest BCUT2D eigenvalue weighted by Crippen LogP contribution is -2.00. The van der Waals surface area contributed by atoms with Gasteiger partial charge in [-0.25, -0.2) is 14.2 Å². The van der Waals surface area contributed by atoms with Crippen LogP contribution in [0.15, 0.2) is 48.5 Å². The summed E-state index contributed by atoms with van der Waals surface area (Å²) >= 11 is 0. The van der Waals surface area contributed by atoms with Crippen molar-refractivity contribution in [1.29, 1.82) is 0 Å². The molecule has 0 aliphatic rings.